The topological polar surface area (TPSA) is 72.6 Å². The van der Waals surface area contributed by atoms with Crippen LogP contribution in [-0.4, -0.2) is 17.1 Å². The van der Waals surface area contributed by atoms with Gasteiger partial charge in [-0.05, 0) is 12.5 Å². The number of ether oxygens (including phenoxy) is 1. The summed E-state index contributed by atoms with van der Waals surface area (Å²) in [6.45, 7) is 3.52. The number of phenols is 1. The molecule has 80 valence electrons. The van der Waals surface area contributed by atoms with Crippen LogP contribution in [0, 0.1) is 10.1 Å². The van der Waals surface area contributed by atoms with Gasteiger partial charge >= 0.3 is 5.69 Å². The Balaban J connectivity index is 3.31. The van der Waals surface area contributed by atoms with E-state index in [0.29, 0.717) is 12.0 Å². The van der Waals surface area contributed by atoms with Gasteiger partial charge in [-0.15, -0.1) is 6.58 Å². The quantitative estimate of drug-likeness (QED) is 0.468. The minimum absolute atomic E-state index is 0.112. The standard InChI is InChI=1S/C10H11NO4/c1-3-4-7-5-6-8(11(13)14)10(15-2)9(7)12/h3,5-6,12H,1,4H2,2H3. The summed E-state index contributed by atoms with van der Waals surface area (Å²) in [5.41, 5.74) is 0.301. The highest BCUT2D eigenvalue weighted by Crippen LogP contribution is 2.38. The van der Waals surface area contributed by atoms with E-state index in [1.165, 1.54) is 19.2 Å². The molecule has 15 heavy (non-hydrogen) atoms. The highest BCUT2D eigenvalue weighted by molar-refractivity contribution is 5.59. The average molecular weight is 209 g/mol. The fourth-order valence-corrected chi connectivity index (χ4v) is 1.27. The lowest BCUT2D eigenvalue weighted by Crippen LogP contribution is -1.96. The van der Waals surface area contributed by atoms with Gasteiger partial charge in [-0.3, -0.25) is 10.1 Å². The summed E-state index contributed by atoms with van der Waals surface area (Å²) in [7, 11) is 1.28. The number of benzene rings is 1. The number of allylic oxidation sites excluding steroid dienone is 1. The lowest BCUT2D eigenvalue weighted by molar-refractivity contribution is -0.385. The van der Waals surface area contributed by atoms with Gasteiger partial charge in [0, 0.05) is 11.6 Å². The Bertz CT molecular complexity index is 401. The lowest BCUT2D eigenvalue weighted by atomic mass is 10.1. The van der Waals surface area contributed by atoms with Gasteiger partial charge < -0.3 is 9.84 Å². The molecule has 0 amide bonds. The lowest BCUT2D eigenvalue weighted by Gasteiger charge is -2.07. The van der Waals surface area contributed by atoms with Crippen LogP contribution in [0.2, 0.25) is 0 Å². The van der Waals surface area contributed by atoms with Crippen LogP contribution < -0.4 is 4.74 Å². The molecule has 0 heterocycles. The summed E-state index contributed by atoms with van der Waals surface area (Å²) in [6.07, 6.45) is 2.03. The summed E-state index contributed by atoms with van der Waals surface area (Å²) in [4.78, 5) is 10.00. The molecule has 5 nitrogen and oxygen atoms in total. The third kappa shape index (κ3) is 2.07. The molecule has 0 aliphatic carbocycles. The minimum Gasteiger partial charge on any atom is -0.504 e. The van der Waals surface area contributed by atoms with E-state index >= 15 is 0 Å². The molecule has 0 aliphatic heterocycles. The van der Waals surface area contributed by atoms with Crippen LogP contribution in [0.1, 0.15) is 5.56 Å². The van der Waals surface area contributed by atoms with Crippen molar-refractivity contribution in [2.75, 3.05) is 7.11 Å². The first-order valence-electron chi connectivity index (χ1n) is 4.26. The van der Waals surface area contributed by atoms with Gasteiger partial charge in [0.05, 0.1) is 12.0 Å². The molecule has 0 unspecified atom stereocenters. The van der Waals surface area contributed by atoms with Crippen molar-refractivity contribution in [2.45, 2.75) is 6.42 Å². The summed E-state index contributed by atoms with van der Waals surface area (Å²) in [5, 5.41) is 20.3. The molecule has 1 N–H and O–H groups in total. The van der Waals surface area contributed by atoms with E-state index in [9.17, 15) is 15.2 Å². The molecule has 0 fully saturated rings. The van der Waals surface area contributed by atoms with Crippen molar-refractivity contribution >= 4 is 5.69 Å². The SMILES string of the molecule is C=CCc1ccc([N+](=O)[O-])c(OC)c1O. The van der Waals surface area contributed by atoms with Crippen LogP contribution in [-0.2, 0) is 6.42 Å². The molecule has 0 radical (unpaired) electrons. The molecular formula is C10H11NO4. The predicted octanol–water partition coefficient (Wildman–Crippen LogP) is 2.04. The van der Waals surface area contributed by atoms with Gasteiger partial charge in [-0.25, -0.2) is 0 Å². The molecule has 1 aromatic carbocycles. The zero-order valence-electron chi connectivity index (χ0n) is 8.27. The normalized spacial score (nSPS) is 9.67. The zero-order chi connectivity index (χ0) is 11.4. The monoisotopic (exact) mass is 209 g/mol. The van der Waals surface area contributed by atoms with E-state index in [0.717, 1.165) is 0 Å². The van der Waals surface area contributed by atoms with Crippen LogP contribution in [0.15, 0.2) is 24.8 Å². The fraction of sp³-hybridized carbons (Fsp3) is 0.200. The van der Waals surface area contributed by atoms with Crippen molar-refractivity contribution in [1.29, 1.82) is 0 Å². The van der Waals surface area contributed by atoms with E-state index in [4.69, 9.17) is 4.74 Å². The summed E-state index contributed by atoms with van der Waals surface area (Å²) >= 11 is 0. The Morgan fingerprint density at radius 3 is 2.80 bits per heavy atom. The van der Waals surface area contributed by atoms with Crippen LogP contribution in [0.4, 0.5) is 5.69 Å². The first-order chi connectivity index (χ1) is 7.11. The minimum atomic E-state index is -0.601. The third-order valence-corrected chi connectivity index (χ3v) is 1.96. The molecule has 0 aromatic heterocycles. The number of nitrogens with zero attached hydrogens (tertiary/aromatic N) is 1. The number of phenolic OH excluding ortho intramolecular Hbond substituents is 1. The Labute approximate surface area is 86.8 Å². The van der Waals surface area contributed by atoms with Crippen molar-refractivity contribution in [3.8, 4) is 11.5 Å². The molecule has 0 spiro atoms. The second kappa shape index (κ2) is 4.45. The highest BCUT2D eigenvalue weighted by atomic mass is 16.6. The second-order valence-electron chi connectivity index (χ2n) is 2.88. The van der Waals surface area contributed by atoms with Gasteiger partial charge in [-0.2, -0.15) is 0 Å². The maximum absolute atomic E-state index is 10.6. The number of rotatable bonds is 4. The van der Waals surface area contributed by atoms with E-state index < -0.39 is 4.92 Å². The Kier molecular flexibility index (Phi) is 3.28. The van der Waals surface area contributed by atoms with Crippen LogP contribution in [0.25, 0.3) is 0 Å². The molecule has 0 saturated heterocycles. The Morgan fingerprint density at radius 1 is 1.67 bits per heavy atom. The molecule has 0 atom stereocenters. The van der Waals surface area contributed by atoms with Gasteiger partial charge in [-0.1, -0.05) is 6.08 Å². The zero-order valence-corrected chi connectivity index (χ0v) is 8.27. The number of hydrogen-bond acceptors (Lipinski definition) is 4. The first-order valence-corrected chi connectivity index (χ1v) is 4.26. The van der Waals surface area contributed by atoms with Crippen molar-refractivity contribution in [1.82, 2.24) is 0 Å². The molecule has 0 bridgehead atoms. The summed E-state index contributed by atoms with van der Waals surface area (Å²) < 4.78 is 4.80. The van der Waals surface area contributed by atoms with Crippen molar-refractivity contribution in [2.24, 2.45) is 0 Å². The molecule has 1 rings (SSSR count). The van der Waals surface area contributed by atoms with Gasteiger partial charge in [0.1, 0.15) is 0 Å². The molecule has 0 aliphatic rings. The predicted molar refractivity (Wildman–Crippen MR) is 55.2 cm³/mol. The van der Waals surface area contributed by atoms with Crippen LogP contribution >= 0.6 is 0 Å². The number of methoxy groups -OCH3 is 1. The summed E-state index contributed by atoms with van der Waals surface area (Å²) in [5.74, 6) is -0.314. The van der Waals surface area contributed by atoms with E-state index in [1.807, 2.05) is 0 Å². The second-order valence-corrected chi connectivity index (χ2v) is 2.88. The molecular weight excluding hydrogens is 198 g/mol. The van der Waals surface area contributed by atoms with Crippen molar-refractivity contribution in [3.05, 3.63) is 40.5 Å². The largest absolute Gasteiger partial charge is 0.504 e. The third-order valence-electron chi connectivity index (χ3n) is 1.96. The van der Waals surface area contributed by atoms with Crippen LogP contribution in [0.3, 0.4) is 0 Å². The van der Waals surface area contributed by atoms with Crippen LogP contribution in [0.5, 0.6) is 11.5 Å². The first kappa shape index (κ1) is 11.0. The Morgan fingerprint density at radius 2 is 2.33 bits per heavy atom. The highest BCUT2D eigenvalue weighted by Gasteiger charge is 2.20. The number of nitro groups is 1. The molecule has 1 aromatic rings. The maximum Gasteiger partial charge on any atom is 0.314 e. The smallest absolute Gasteiger partial charge is 0.314 e. The molecule has 5 heteroatoms. The fourth-order valence-electron chi connectivity index (χ4n) is 1.27. The average Bonchev–Trinajstić information content (AvgIpc) is 2.20. The summed E-state index contributed by atoms with van der Waals surface area (Å²) in [6, 6.07) is 2.79. The van der Waals surface area contributed by atoms with E-state index in [-0.39, 0.29) is 17.2 Å². The van der Waals surface area contributed by atoms with Gasteiger partial charge in [0.15, 0.2) is 5.75 Å². The molecule has 0 saturated carbocycles. The Hall–Kier alpha value is -2.04. The van der Waals surface area contributed by atoms with Gasteiger partial charge in [0.2, 0.25) is 5.75 Å². The number of aromatic hydroxyl groups is 1. The van der Waals surface area contributed by atoms with E-state index in [2.05, 4.69) is 6.58 Å². The van der Waals surface area contributed by atoms with E-state index in [1.54, 1.807) is 6.08 Å². The van der Waals surface area contributed by atoms with Gasteiger partial charge in [0.25, 0.3) is 0 Å². The number of hydrogen-bond donors (Lipinski definition) is 1. The maximum atomic E-state index is 10.6. The van der Waals surface area contributed by atoms with Crippen molar-refractivity contribution in [3.63, 3.8) is 0 Å². The number of nitro benzene ring substituents is 1. The van der Waals surface area contributed by atoms with Crippen molar-refractivity contribution < 1.29 is 14.8 Å².